The Bertz CT molecular complexity index is 1520. The molecule has 0 saturated heterocycles. The maximum absolute atomic E-state index is 13.3. The minimum absolute atomic E-state index is 0.0716. The summed E-state index contributed by atoms with van der Waals surface area (Å²) in [6.45, 7) is 4.41. The topological polar surface area (TPSA) is 93.1 Å². The average molecular weight is 487 g/mol. The van der Waals surface area contributed by atoms with Gasteiger partial charge in [-0.25, -0.2) is 4.98 Å². The second kappa shape index (κ2) is 9.46. The number of anilines is 2. The van der Waals surface area contributed by atoms with E-state index < -0.39 is 0 Å². The van der Waals surface area contributed by atoms with Crippen molar-refractivity contribution in [2.75, 3.05) is 10.6 Å². The van der Waals surface area contributed by atoms with Crippen LogP contribution in [0.2, 0.25) is 0 Å². The lowest BCUT2D eigenvalue weighted by Crippen LogP contribution is -2.24. The Morgan fingerprint density at radius 3 is 2.63 bits per heavy atom. The first-order chi connectivity index (χ1) is 16.9. The van der Waals surface area contributed by atoms with E-state index in [-0.39, 0.29) is 17.4 Å². The number of aromatic nitrogens is 2. The standard InChI is InChI=1S/C27H26N4O3S/c1-16-9-8-10-18(15-16)28-24(32)19-11-5-6-12-20(19)29-25(33)23-17(2)22-26(35-23)30-21-13-4-3-7-14-31(21)27(22)34/h5-6,8-12,15H,3-4,7,13-14H2,1-2H3,(H,28,32)(H,29,33). The zero-order valence-electron chi connectivity index (χ0n) is 19.7. The van der Waals surface area contributed by atoms with E-state index in [1.54, 1.807) is 35.8 Å². The Morgan fingerprint density at radius 2 is 1.80 bits per heavy atom. The van der Waals surface area contributed by atoms with Crippen molar-refractivity contribution in [3.63, 3.8) is 0 Å². The van der Waals surface area contributed by atoms with Crippen LogP contribution in [0.5, 0.6) is 0 Å². The molecule has 0 unspecified atom stereocenters. The predicted octanol–water partition coefficient (Wildman–Crippen LogP) is 5.31. The largest absolute Gasteiger partial charge is 0.322 e. The average Bonchev–Trinajstić information content (AvgIpc) is 3.00. The fraction of sp³-hybridized carbons (Fsp3) is 0.259. The summed E-state index contributed by atoms with van der Waals surface area (Å²) in [6, 6.07) is 14.4. The number of carbonyl (C=O) groups is 2. The van der Waals surface area contributed by atoms with Crippen molar-refractivity contribution < 1.29 is 9.59 Å². The third-order valence-corrected chi connectivity index (χ3v) is 7.50. The molecule has 0 bridgehead atoms. The van der Waals surface area contributed by atoms with E-state index in [4.69, 9.17) is 4.98 Å². The molecule has 2 aromatic heterocycles. The monoisotopic (exact) mass is 486 g/mol. The van der Waals surface area contributed by atoms with Gasteiger partial charge in [0.1, 0.15) is 10.7 Å². The van der Waals surface area contributed by atoms with Crippen LogP contribution in [0.1, 0.15) is 56.2 Å². The van der Waals surface area contributed by atoms with E-state index in [2.05, 4.69) is 10.6 Å². The molecule has 2 amide bonds. The van der Waals surface area contributed by atoms with Crippen LogP contribution in [0.3, 0.4) is 0 Å². The number of aryl methyl sites for hydroxylation is 3. The number of hydrogen-bond donors (Lipinski definition) is 2. The Morgan fingerprint density at radius 1 is 0.971 bits per heavy atom. The molecule has 0 fully saturated rings. The number of nitrogens with zero attached hydrogens (tertiary/aromatic N) is 2. The lowest BCUT2D eigenvalue weighted by Gasteiger charge is -2.11. The summed E-state index contributed by atoms with van der Waals surface area (Å²) >= 11 is 1.23. The van der Waals surface area contributed by atoms with Crippen LogP contribution in [-0.4, -0.2) is 21.4 Å². The number of nitrogens with one attached hydrogen (secondary N) is 2. The molecule has 1 aliphatic heterocycles. The number of thiophene rings is 1. The number of para-hydroxylation sites is 1. The number of fused-ring (bicyclic) bond motifs is 2. The Balaban J connectivity index is 1.45. The van der Waals surface area contributed by atoms with Crippen LogP contribution in [0, 0.1) is 13.8 Å². The normalized spacial score (nSPS) is 13.2. The van der Waals surface area contributed by atoms with Gasteiger partial charge >= 0.3 is 0 Å². The SMILES string of the molecule is Cc1cccc(NC(=O)c2ccccc2NC(=O)c2sc3nc4n(c(=O)c3c2C)CCCCC4)c1. The van der Waals surface area contributed by atoms with Gasteiger partial charge in [-0.3, -0.25) is 19.0 Å². The first kappa shape index (κ1) is 23.0. The third-order valence-electron chi connectivity index (χ3n) is 6.31. The maximum Gasteiger partial charge on any atom is 0.266 e. The molecular weight excluding hydrogens is 460 g/mol. The van der Waals surface area contributed by atoms with Gasteiger partial charge in [-0.1, -0.05) is 30.7 Å². The molecule has 4 aromatic rings. The molecule has 0 saturated carbocycles. The van der Waals surface area contributed by atoms with E-state index in [0.717, 1.165) is 37.1 Å². The van der Waals surface area contributed by atoms with Crippen LogP contribution in [0.25, 0.3) is 10.2 Å². The summed E-state index contributed by atoms with van der Waals surface area (Å²) in [6.07, 6.45) is 3.82. The zero-order valence-corrected chi connectivity index (χ0v) is 20.5. The molecule has 0 spiro atoms. The minimum Gasteiger partial charge on any atom is -0.322 e. The van der Waals surface area contributed by atoms with Crippen LogP contribution < -0.4 is 16.2 Å². The van der Waals surface area contributed by atoms with E-state index in [1.807, 2.05) is 31.2 Å². The molecule has 7 nitrogen and oxygen atoms in total. The molecule has 5 rings (SSSR count). The fourth-order valence-corrected chi connectivity index (χ4v) is 5.60. The van der Waals surface area contributed by atoms with Gasteiger partial charge in [0.15, 0.2) is 0 Å². The maximum atomic E-state index is 13.3. The second-order valence-corrected chi connectivity index (χ2v) is 9.85. The van der Waals surface area contributed by atoms with Gasteiger partial charge in [0.25, 0.3) is 17.4 Å². The number of benzene rings is 2. The highest BCUT2D eigenvalue weighted by molar-refractivity contribution is 7.20. The molecule has 0 aliphatic carbocycles. The Kier molecular flexibility index (Phi) is 6.21. The van der Waals surface area contributed by atoms with Crippen molar-refractivity contribution in [2.24, 2.45) is 0 Å². The quantitative estimate of drug-likeness (QED) is 0.409. The molecule has 35 heavy (non-hydrogen) atoms. The van der Waals surface area contributed by atoms with Gasteiger partial charge in [-0.05, 0) is 62.1 Å². The highest BCUT2D eigenvalue weighted by atomic mass is 32.1. The number of rotatable bonds is 4. The zero-order chi connectivity index (χ0) is 24.5. The summed E-state index contributed by atoms with van der Waals surface area (Å²) in [5.74, 6) is 0.121. The van der Waals surface area contributed by atoms with Gasteiger partial charge in [-0.2, -0.15) is 0 Å². The molecule has 2 aromatic carbocycles. The second-order valence-electron chi connectivity index (χ2n) is 8.86. The third kappa shape index (κ3) is 4.49. The summed E-state index contributed by atoms with van der Waals surface area (Å²) in [4.78, 5) is 45.3. The van der Waals surface area contributed by atoms with E-state index >= 15 is 0 Å². The molecule has 3 heterocycles. The summed E-state index contributed by atoms with van der Waals surface area (Å²) in [7, 11) is 0. The van der Waals surface area contributed by atoms with Gasteiger partial charge in [-0.15, -0.1) is 11.3 Å². The first-order valence-corrected chi connectivity index (χ1v) is 12.6. The first-order valence-electron chi connectivity index (χ1n) is 11.7. The molecular formula is C27H26N4O3S. The van der Waals surface area contributed by atoms with Crippen molar-refractivity contribution in [1.82, 2.24) is 9.55 Å². The fourth-order valence-electron chi connectivity index (χ4n) is 4.52. The highest BCUT2D eigenvalue weighted by Gasteiger charge is 2.23. The van der Waals surface area contributed by atoms with Crippen molar-refractivity contribution >= 4 is 44.7 Å². The van der Waals surface area contributed by atoms with Crippen molar-refractivity contribution in [1.29, 1.82) is 0 Å². The Hall–Kier alpha value is -3.78. The van der Waals surface area contributed by atoms with Crippen molar-refractivity contribution in [2.45, 2.75) is 46.1 Å². The summed E-state index contributed by atoms with van der Waals surface area (Å²) < 4.78 is 1.77. The molecule has 2 N–H and O–H groups in total. The summed E-state index contributed by atoms with van der Waals surface area (Å²) in [5, 5.41) is 6.28. The van der Waals surface area contributed by atoms with Crippen LogP contribution in [0.15, 0.2) is 53.3 Å². The lowest BCUT2D eigenvalue weighted by atomic mass is 10.1. The van der Waals surface area contributed by atoms with Crippen molar-refractivity contribution in [3.05, 3.63) is 86.3 Å². The number of amides is 2. The van der Waals surface area contributed by atoms with Crippen LogP contribution in [0.4, 0.5) is 11.4 Å². The lowest BCUT2D eigenvalue weighted by molar-refractivity contribution is 0.102. The van der Waals surface area contributed by atoms with Crippen molar-refractivity contribution in [3.8, 4) is 0 Å². The molecule has 8 heteroatoms. The predicted molar refractivity (Wildman–Crippen MR) is 140 cm³/mol. The van der Waals surface area contributed by atoms with Gasteiger partial charge in [0, 0.05) is 18.7 Å². The smallest absolute Gasteiger partial charge is 0.266 e. The number of carbonyl (C=O) groups excluding carboxylic acids is 2. The number of hydrogen-bond acceptors (Lipinski definition) is 5. The van der Waals surface area contributed by atoms with E-state index in [1.165, 1.54) is 11.3 Å². The van der Waals surface area contributed by atoms with E-state index in [9.17, 15) is 14.4 Å². The van der Waals surface area contributed by atoms with Crippen LogP contribution in [-0.2, 0) is 13.0 Å². The molecule has 1 aliphatic rings. The van der Waals surface area contributed by atoms with Gasteiger partial charge < -0.3 is 10.6 Å². The minimum atomic E-state index is -0.360. The Labute approximate surface area is 206 Å². The molecule has 0 atom stereocenters. The van der Waals surface area contributed by atoms with E-state index in [0.29, 0.717) is 44.1 Å². The summed E-state index contributed by atoms with van der Waals surface area (Å²) in [5.41, 5.74) is 3.03. The highest BCUT2D eigenvalue weighted by Crippen LogP contribution is 2.29. The molecule has 178 valence electrons. The molecule has 0 radical (unpaired) electrons. The van der Waals surface area contributed by atoms with Gasteiger partial charge in [0.05, 0.1) is 21.5 Å². The van der Waals surface area contributed by atoms with Gasteiger partial charge in [0.2, 0.25) is 0 Å². The van der Waals surface area contributed by atoms with Crippen LogP contribution >= 0.6 is 11.3 Å².